The van der Waals surface area contributed by atoms with E-state index >= 15 is 0 Å². The molecule has 1 aromatic rings. The molecule has 1 rings (SSSR count). The maximum absolute atomic E-state index is 12.7. The number of phenolic OH excluding ortho intramolecular Hbond substituents is 1. The molecule has 0 bridgehead atoms. The molecule has 0 spiro atoms. The zero-order chi connectivity index (χ0) is 9.35. The molecule has 1 nitrogen and oxygen atoms in total. The van der Waals surface area contributed by atoms with Gasteiger partial charge in [0, 0.05) is 6.92 Å². The number of aromatic hydroxyl groups is 1. The highest BCUT2D eigenvalue weighted by Gasteiger charge is 2.28. The Kier molecular flexibility index (Phi) is 2.00. The van der Waals surface area contributed by atoms with E-state index in [4.69, 9.17) is 5.11 Å². The van der Waals surface area contributed by atoms with E-state index in [2.05, 4.69) is 0 Å². The van der Waals surface area contributed by atoms with Crippen molar-refractivity contribution in [3.05, 3.63) is 29.6 Å². The molecule has 12 heavy (non-hydrogen) atoms. The van der Waals surface area contributed by atoms with Crippen LogP contribution in [0.2, 0.25) is 0 Å². The molecule has 0 heterocycles. The highest BCUT2D eigenvalue weighted by atomic mass is 19.3. The summed E-state index contributed by atoms with van der Waals surface area (Å²) < 4.78 is 37.8. The summed E-state index contributed by atoms with van der Waals surface area (Å²) in [4.78, 5) is 0. The molecule has 0 amide bonds. The number of rotatable bonds is 1. The van der Waals surface area contributed by atoms with Gasteiger partial charge in [0.05, 0.1) is 5.56 Å². The lowest BCUT2D eigenvalue weighted by molar-refractivity contribution is 0.0135. The summed E-state index contributed by atoms with van der Waals surface area (Å²) in [7, 11) is 0. The lowest BCUT2D eigenvalue weighted by atomic mass is 10.1. The molecule has 0 unspecified atom stereocenters. The Bertz CT molecular complexity index is 291. The second-order valence-corrected chi connectivity index (χ2v) is 2.55. The monoisotopic (exact) mass is 176 g/mol. The highest BCUT2D eigenvalue weighted by Crippen LogP contribution is 2.31. The van der Waals surface area contributed by atoms with Gasteiger partial charge in [0.1, 0.15) is 11.6 Å². The maximum Gasteiger partial charge on any atom is 0.273 e. The van der Waals surface area contributed by atoms with Crippen LogP contribution in [0.5, 0.6) is 5.75 Å². The van der Waals surface area contributed by atoms with Crippen molar-refractivity contribution in [3.63, 3.8) is 0 Å². The number of hydrogen-bond acceptors (Lipinski definition) is 1. The molecule has 0 saturated carbocycles. The van der Waals surface area contributed by atoms with E-state index in [0.717, 1.165) is 18.2 Å². The first kappa shape index (κ1) is 8.90. The minimum atomic E-state index is -3.26. The second kappa shape index (κ2) is 2.69. The normalized spacial score (nSPS) is 11.7. The van der Waals surface area contributed by atoms with Gasteiger partial charge in [0.2, 0.25) is 0 Å². The Hall–Kier alpha value is -1.19. The molecular formula is C8H7F3O. The van der Waals surface area contributed by atoms with Crippen LogP contribution in [-0.2, 0) is 5.92 Å². The summed E-state index contributed by atoms with van der Waals surface area (Å²) in [6.07, 6.45) is 0. The molecule has 1 aromatic carbocycles. The van der Waals surface area contributed by atoms with Crippen molar-refractivity contribution in [1.82, 2.24) is 0 Å². The van der Waals surface area contributed by atoms with Gasteiger partial charge in [-0.05, 0) is 18.2 Å². The molecule has 0 aliphatic carbocycles. The van der Waals surface area contributed by atoms with Gasteiger partial charge < -0.3 is 5.11 Å². The Morgan fingerprint density at radius 3 is 2.33 bits per heavy atom. The van der Waals surface area contributed by atoms with Crippen molar-refractivity contribution in [1.29, 1.82) is 0 Å². The van der Waals surface area contributed by atoms with E-state index in [1.165, 1.54) is 0 Å². The molecule has 0 saturated heterocycles. The first-order chi connectivity index (χ1) is 5.41. The minimum Gasteiger partial charge on any atom is -0.508 e. The Morgan fingerprint density at radius 1 is 1.33 bits per heavy atom. The topological polar surface area (TPSA) is 20.2 Å². The van der Waals surface area contributed by atoms with Crippen LogP contribution in [0.1, 0.15) is 12.5 Å². The van der Waals surface area contributed by atoms with Crippen LogP contribution in [0.3, 0.4) is 0 Å². The smallest absolute Gasteiger partial charge is 0.273 e. The lowest BCUT2D eigenvalue weighted by Crippen LogP contribution is -2.09. The quantitative estimate of drug-likeness (QED) is 0.697. The number of alkyl halides is 2. The summed E-state index contributed by atoms with van der Waals surface area (Å²) in [6, 6.07) is 2.54. The van der Waals surface area contributed by atoms with Crippen LogP contribution in [-0.4, -0.2) is 5.11 Å². The molecular weight excluding hydrogens is 169 g/mol. The molecule has 0 atom stereocenters. The number of benzene rings is 1. The lowest BCUT2D eigenvalue weighted by Gasteiger charge is -2.11. The average Bonchev–Trinajstić information content (AvgIpc) is 1.92. The maximum atomic E-state index is 12.7. The van der Waals surface area contributed by atoms with Crippen molar-refractivity contribution >= 4 is 0 Å². The van der Waals surface area contributed by atoms with Crippen molar-refractivity contribution in [2.24, 2.45) is 0 Å². The summed E-state index contributed by atoms with van der Waals surface area (Å²) in [5, 5.41) is 8.80. The van der Waals surface area contributed by atoms with Gasteiger partial charge in [-0.25, -0.2) is 13.2 Å². The Balaban J connectivity index is 3.23. The van der Waals surface area contributed by atoms with Crippen LogP contribution in [0.15, 0.2) is 18.2 Å². The fraction of sp³-hybridized carbons (Fsp3) is 0.250. The number of hydrogen-bond donors (Lipinski definition) is 1. The fourth-order valence-electron chi connectivity index (χ4n) is 0.850. The van der Waals surface area contributed by atoms with E-state index in [1.807, 2.05) is 0 Å². The summed E-state index contributed by atoms with van der Waals surface area (Å²) in [5.74, 6) is -4.64. The fourth-order valence-corrected chi connectivity index (χ4v) is 0.850. The number of phenols is 1. The van der Waals surface area contributed by atoms with Gasteiger partial charge in [0.15, 0.2) is 0 Å². The van der Waals surface area contributed by atoms with Gasteiger partial charge in [-0.2, -0.15) is 0 Å². The largest absolute Gasteiger partial charge is 0.508 e. The van der Waals surface area contributed by atoms with E-state index in [9.17, 15) is 13.2 Å². The molecule has 0 radical (unpaired) electrons. The molecule has 0 fully saturated rings. The van der Waals surface area contributed by atoms with Crippen LogP contribution in [0.25, 0.3) is 0 Å². The van der Waals surface area contributed by atoms with E-state index in [1.54, 1.807) is 0 Å². The van der Waals surface area contributed by atoms with Crippen LogP contribution < -0.4 is 0 Å². The van der Waals surface area contributed by atoms with Crippen LogP contribution in [0, 0.1) is 5.82 Å². The standard InChI is InChI=1S/C8H7F3O/c1-8(10,11)6-4-5(12)2-3-7(6)9/h2-4,12H,1H3. The summed E-state index contributed by atoms with van der Waals surface area (Å²) in [5.41, 5.74) is -0.789. The summed E-state index contributed by atoms with van der Waals surface area (Å²) in [6.45, 7) is 0.574. The van der Waals surface area contributed by atoms with Gasteiger partial charge in [-0.1, -0.05) is 0 Å². The third-order valence-electron chi connectivity index (χ3n) is 1.42. The minimum absolute atomic E-state index is 0.368. The van der Waals surface area contributed by atoms with Crippen molar-refractivity contribution in [3.8, 4) is 5.75 Å². The highest BCUT2D eigenvalue weighted by molar-refractivity contribution is 5.31. The van der Waals surface area contributed by atoms with E-state index < -0.39 is 17.3 Å². The molecule has 4 heteroatoms. The van der Waals surface area contributed by atoms with Gasteiger partial charge in [0.25, 0.3) is 5.92 Å². The third-order valence-corrected chi connectivity index (χ3v) is 1.42. The molecule has 0 aliphatic rings. The van der Waals surface area contributed by atoms with Crippen molar-refractivity contribution in [2.45, 2.75) is 12.8 Å². The second-order valence-electron chi connectivity index (χ2n) is 2.55. The summed E-state index contributed by atoms with van der Waals surface area (Å²) >= 11 is 0. The Labute approximate surface area is 67.5 Å². The zero-order valence-corrected chi connectivity index (χ0v) is 6.31. The first-order valence-corrected chi connectivity index (χ1v) is 3.28. The van der Waals surface area contributed by atoms with Gasteiger partial charge in [-0.3, -0.25) is 0 Å². The number of halogens is 3. The SMILES string of the molecule is CC(F)(F)c1cc(O)ccc1F. The van der Waals surface area contributed by atoms with Gasteiger partial charge in [-0.15, -0.1) is 0 Å². The van der Waals surface area contributed by atoms with Crippen LogP contribution >= 0.6 is 0 Å². The molecule has 1 N–H and O–H groups in total. The van der Waals surface area contributed by atoms with Crippen molar-refractivity contribution < 1.29 is 18.3 Å². The van der Waals surface area contributed by atoms with Crippen molar-refractivity contribution in [2.75, 3.05) is 0 Å². The van der Waals surface area contributed by atoms with E-state index in [0.29, 0.717) is 6.92 Å². The Morgan fingerprint density at radius 2 is 1.92 bits per heavy atom. The zero-order valence-electron chi connectivity index (χ0n) is 6.31. The first-order valence-electron chi connectivity index (χ1n) is 3.28. The predicted octanol–water partition coefficient (Wildman–Crippen LogP) is 2.64. The molecule has 66 valence electrons. The average molecular weight is 176 g/mol. The third kappa shape index (κ3) is 1.69. The van der Waals surface area contributed by atoms with Crippen LogP contribution in [0.4, 0.5) is 13.2 Å². The molecule has 0 aliphatic heterocycles. The molecule has 0 aromatic heterocycles. The predicted molar refractivity (Wildman–Crippen MR) is 37.6 cm³/mol. The van der Waals surface area contributed by atoms with Gasteiger partial charge >= 0.3 is 0 Å². The van der Waals surface area contributed by atoms with E-state index in [-0.39, 0.29) is 5.75 Å².